The number of benzene rings is 1. The Hall–Kier alpha value is -0.900. The molecule has 18 heavy (non-hydrogen) atoms. The van der Waals surface area contributed by atoms with E-state index in [1.54, 1.807) is 0 Å². The van der Waals surface area contributed by atoms with Gasteiger partial charge in [0.2, 0.25) is 0 Å². The average Bonchev–Trinajstić information content (AvgIpc) is 2.85. The summed E-state index contributed by atoms with van der Waals surface area (Å²) in [4.78, 5) is 2.51. The molecule has 1 fully saturated rings. The van der Waals surface area contributed by atoms with Gasteiger partial charge in [0.05, 0.1) is 6.61 Å². The molecule has 2 rings (SSSR count). The predicted molar refractivity (Wildman–Crippen MR) is 74.7 cm³/mol. The largest absolute Gasteiger partial charge is 0.395 e. The maximum atomic E-state index is 9.04. The summed E-state index contributed by atoms with van der Waals surface area (Å²) in [6.07, 6.45) is 2.32. The lowest BCUT2D eigenvalue weighted by Gasteiger charge is -2.19. The van der Waals surface area contributed by atoms with Crippen molar-refractivity contribution in [3.63, 3.8) is 0 Å². The van der Waals surface area contributed by atoms with Crippen molar-refractivity contribution in [1.29, 1.82) is 0 Å². The first-order valence-electron chi connectivity index (χ1n) is 6.91. The summed E-state index contributed by atoms with van der Waals surface area (Å²) in [5, 5.41) is 12.5. The molecule has 0 spiro atoms. The molecule has 0 amide bonds. The predicted octanol–water partition coefficient (Wildman–Crippen LogP) is 1.27. The molecule has 1 saturated heterocycles. The van der Waals surface area contributed by atoms with E-state index in [9.17, 15) is 0 Å². The second-order valence-electron chi connectivity index (χ2n) is 5.27. The maximum Gasteiger partial charge on any atom is 0.0582 e. The summed E-state index contributed by atoms with van der Waals surface area (Å²) in [5.74, 6) is 0. The highest BCUT2D eigenvalue weighted by Crippen LogP contribution is 2.11. The minimum atomic E-state index is 0.212. The van der Waals surface area contributed by atoms with Crippen LogP contribution >= 0.6 is 0 Å². The monoisotopic (exact) mass is 248 g/mol. The van der Waals surface area contributed by atoms with Gasteiger partial charge in [-0.3, -0.25) is 0 Å². The summed E-state index contributed by atoms with van der Waals surface area (Å²) < 4.78 is 0. The van der Waals surface area contributed by atoms with Crippen molar-refractivity contribution in [1.82, 2.24) is 10.2 Å². The van der Waals surface area contributed by atoms with Crippen molar-refractivity contribution in [2.45, 2.75) is 31.8 Å². The third kappa shape index (κ3) is 4.09. The van der Waals surface area contributed by atoms with Crippen LogP contribution in [-0.2, 0) is 6.42 Å². The van der Waals surface area contributed by atoms with Gasteiger partial charge in [-0.2, -0.15) is 0 Å². The highest BCUT2D eigenvalue weighted by molar-refractivity contribution is 5.14. The number of aliphatic hydroxyl groups excluding tert-OH is 1. The van der Waals surface area contributed by atoms with Crippen molar-refractivity contribution in [3.8, 4) is 0 Å². The normalized spacial score (nSPS) is 22.2. The molecule has 3 heteroatoms. The molecule has 1 aliphatic heterocycles. The fourth-order valence-electron chi connectivity index (χ4n) is 2.56. The highest BCUT2D eigenvalue weighted by Gasteiger charge is 2.22. The lowest BCUT2D eigenvalue weighted by molar-refractivity contribution is 0.238. The average molecular weight is 248 g/mol. The Balaban J connectivity index is 1.70. The Labute approximate surface area is 110 Å². The highest BCUT2D eigenvalue weighted by atomic mass is 16.3. The summed E-state index contributed by atoms with van der Waals surface area (Å²) in [6.45, 7) is 5.67. The third-order valence-electron chi connectivity index (χ3n) is 3.63. The van der Waals surface area contributed by atoms with Gasteiger partial charge in [0, 0.05) is 25.2 Å². The molecule has 2 N–H and O–H groups in total. The van der Waals surface area contributed by atoms with Gasteiger partial charge < -0.3 is 15.3 Å². The molecular weight excluding hydrogens is 224 g/mol. The first kappa shape index (κ1) is 13.5. The van der Waals surface area contributed by atoms with Crippen LogP contribution in [0.15, 0.2) is 30.3 Å². The van der Waals surface area contributed by atoms with E-state index in [-0.39, 0.29) is 12.6 Å². The number of nitrogens with zero attached hydrogens (tertiary/aromatic N) is 1. The van der Waals surface area contributed by atoms with Gasteiger partial charge in [0.25, 0.3) is 0 Å². The van der Waals surface area contributed by atoms with E-state index in [1.165, 1.54) is 18.5 Å². The standard InChI is InChI=1S/C15H24N2O/c1-13(12-18)16-15-8-10-17(11-15)9-7-14-5-3-2-4-6-14/h2-6,13,15-16,18H,7-12H2,1H3/t13-,15?/m1/s1. The van der Waals surface area contributed by atoms with Crippen LogP contribution in [0, 0.1) is 0 Å². The first-order valence-corrected chi connectivity index (χ1v) is 6.91. The number of aliphatic hydroxyl groups is 1. The molecule has 1 aromatic carbocycles. The van der Waals surface area contributed by atoms with Crippen molar-refractivity contribution in [3.05, 3.63) is 35.9 Å². The second-order valence-corrected chi connectivity index (χ2v) is 5.27. The Morgan fingerprint density at radius 1 is 1.39 bits per heavy atom. The van der Waals surface area contributed by atoms with E-state index in [0.717, 1.165) is 19.5 Å². The fourth-order valence-corrected chi connectivity index (χ4v) is 2.56. The van der Waals surface area contributed by atoms with Crippen LogP contribution in [0.5, 0.6) is 0 Å². The van der Waals surface area contributed by atoms with Gasteiger partial charge >= 0.3 is 0 Å². The Morgan fingerprint density at radius 3 is 2.89 bits per heavy atom. The van der Waals surface area contributed by atoms with Crippen molar-refractivity contribution in [2.75, 3.05) is 26.2 Å². The molecule has 1 heterocycles. The summed E-state index contributed by atoms with van der Waals surface area (Å²) >= 11 is 0. The van der Waals surface area contributed by atoms with Crippen LogP contribution in [0.2, 0.25) is 0 Å². The first-order chi connectivity index (χ1) is 8.78. The minimum absolute atomic E-state index is 0.212. The lowest BCUT2D eigenvalue weighted by atomic mass is 10.1. The topological polar surface area (TPSA) is 35.5 Å². The zero-order chi connectivity index (χ0) is 12.8. The van der Waals surface area contributed by atoms with Crippen molar-refractivity contribution < 1.29 is 5.11 Å². The summed E-state index contributed by atoms with van der Waals surface area (Å²) in [5.41, 5.74) is 1.41. The quantitative estimate of drug-likeness (QED) is 0.796. The maximum absolute atomic E-state index is 9.04. The summed E-state index contributed by atoms with van der Waals surface area (Å²) in [7, 11) is 0. The molecule has 0 aromatic heterocycles. The number of hydrogen-bond acceptors (Lipinski definition) is 3. The molecule has 1 aromatic rings. The smallest absolute Gasteiger partial charge is 0.0582 e. The van der Waals surface area contributed by atoms with Gasteiger partial charge in [0.15, 0.2) is 0 Å². The molecule has 0 bridgehead atoms. The number of hydrogen-bond donors (Lipinski definition) is 2. The summed E-state index contributed by atoms with van der Waals surface area (Å²) in [6, 6.07) is 11.4. The van der Waals surface area contributed by atoms with Crippen LogP contribution in [0.3, 0.4) is 0 Å². The Kier molecular flexibility index (Phi) is 5.17. The number of likely N-dealkylation sites (tertiary alicyclic amines) is 1. The minimum Gasteiger partial charge on any atom is -0.395 e. The van der Waals surface area contributed by atoms with E-state index >= 15 is 0 Å². The van der Waals surface area contributed by atoms with Gasteiger partial charge in [-0.25, -0.2) is 0 Å². The lowest BCUT2D eigenvalue weighted by Crippen LogP contribution is -2.40. The Morgan fingerprint density at radius 2 is 2.17 bits per heavy atom. The van der Waals surface area contributed by atoms with Gasteiger partial charge in [-0.1, -0.05) is 30.3 Å². The van der Waals surface area contributed by atoms with E-state index in [0.29, 0.717) is 6.04 Å². The zero-order valence-corrected chi connectivity index (χ0v) is 11.2. The molecule has 1 unspecified atom stereocenters. The molecule has 100 valence electrons. The van der Waals surface area contributed by atoms with E-state index < -0.39 is 0 Å². The van der Waals surface area contributed by atoms with E-state index in [2.05, 4.69) is 40.5 Å². The van der Waals surface area contributed by atoms with Crippen LogP contribution in [0.1, 0.15) is 18.9 Å². The molecule has 0 radical (unpaired) electrons. The third-order valence-corrected chi connectivity index (χ3v) is 3.63. The number of rotatable bonds is 6. The molecular formula is C15H24N2O. The van der Waals surface area contributed by atoms with Gasteiger partial charge in [-0.05, 0) is 31.9 Å². The van der Waals surface area contributed by atoms with E-state index in [4.69, 9.17) is 5.11 Å². The van der Waals surface area contributed by atoms with Crippen LogP contribution < -0.4 is 5.32 Å². The van der Waals surface area contributed by atoms with Gasteiger partial charge in [0.1, 0.15) is 0 Å². The van der Waals surface area contributed by atoms with Crippen molar-refractivity contribution in [2.24, 2.45) is 0 Å². The van der Waals surface area contributed by atoms with Crippen LogP contribution in [-0.4, -0.2) is 48.3 Å². The van der Waals surface area contributed by atoms with E-state index in [1.807, 2.05) is 6.92 Å². The zero-order valence-electron chi connectivity index (χ0n) is 11.2. The van der Waals surface area contributed by atoms with Crippen molar-refractivity contribution >= 4 is 0 Å². The fraction of sp³-hybridized carbons (Fsp3) is 0.600. The molecule has 1 aliphatic rings. The second kappa shape index (κ2) is 6.88. The molecule has 2 atom stereocenters. The van der Waals surface area contributed by atoms with Crippen LogP contribution in [0.25, 0.3) is 0 Å². The number of nitrogens with one attached hydrogen (secondary N) is 1. The molecule has 0 aliphatic carbocycles. The van der Waals surface area contributed by atoms with Crippen LogP contribution in [0.4, 0.5) is 0 Å². The SMILES string of the molecule is C[C@H](CO)NC1CCN(CCc2ccccc2)C1. The molecule has 0 saturated carbocycles. The molecule has 3 nitrogen and oxygen atoms in total. The van der Waals surface area contributed by atoms with Gasteiger partial charge in [-0.15, -0.1) is 0 Å². The Bertz CT molecular complexity index is 342.